The van der Waals surface area contributed by atoms with Gasteiger partial charge in [-0.1, -0.05) is 240 Å². The molecule has 0 heterocycles. The van der Waals surface area contributed by atoms with Crippen molar-refractivity contribution in [1.82, 2.24) is 0 Å². The SMILES string of the molecule is CCCCCCCCCCCCCCCCCCCC(=O)OC[C@H](COC(=O)CCCCCCCCCCCCCC)OC(=O)CCCCCCCCC(C)C. The Hall–Kier alpha value is -1.59. The van der Waals surface area contributed by atoms with E-state index in [1.807, 2.05) is 0 Å². The number of carbonyl (C=O) groups is 3. The summed E-state index contributed by atoms with van der Waals surface area (Å²) in [5.74, 6) is -0.0944. The third-order valence-corrected chi connectivity index (χ3v) is 11.3. The third kappa shape index (κ3) is 43.5. The summed E-state index contributed by atoms with van der Waals surface area (Å²) >= 11 is 0. The second kappa shape index (κ2) is 44.5. The van der Waals surface area contributed by atoms with Gasteiger partial charge in [0.15, 0.2) is 6.10 Å². The fourth-order valence-corrected chi connectivity index (χ4v) is 7.51. The molecule has 0 saturated heterocycles. The van der Waals surface area contributed by atoms with Crippen LogP contribution < -0.4 is 0 Å². The van der Waals surface area contributed by atoms with Crippen LogP contribution in [0.1, 0.15) is 278 Å². The molecular weight excluding hydrogens is 697 g/mol. The van der Waals surface area contributed by atoms with Crippen molar-refractivity contribution in [3.63, 3.8) is 0 Å². The van der Waals surface area contributed by atoms with Gasteiger partial charge in [-0.05, 0) is 25.2 Å². The van der Waals surface area contributed by atoms with Crippen LogP contribution in [0, 0.1) is 5.92 Å². The molecule has 0 saturated carbocycles. The Morgan fingerprint density at radius 3 is 0.875 bits per heavy atom. The van der Waals surface area contributed by atoms with Gasteiger partial charge in [0.2, 0.25) is 0 Å². The van der Waals surface area contributed by atoms with Crippen molar-refractivity contribution in [1.29, 1.82) is 0 Å². The van der Waals surface area contributed by atoms with E-state index in [-0.39, 0.29) is 31.1 Å². The summed E-state index contributed by atoms with van der Waals surface area (Å²) in [5.41, 5.74) is 0. The molecule has 0 spiro atoms. The summed E-state index contributed by atoms with van der Waals surface area (Å²) in [6, 6.07) is 0. The molecule has 0 amide bonds. The van der Waals surface area contributed by atoms with E-state index >= 15 is 0 Å². The highest BCUT2D eigenvalue weighted by molar-refractivity contribution is 5.71. The lowest BCUT2D eigenvalue weighted by atomic mass is 10.0. The first-order valence-electron chi connectivity index (χ1n) is 24.9. The first kappa shape index (κ1) is 54.4. The van der Waals surface area contributed by atoms with Crippen LogP contribution in [-0.2, 0) is 28.6 Å². The molecule has 0 bridgehead atoms. The summed E-state index contributed by atoms with van der Waals surface area (Å²) in [5, 5.41) is 0. The molecule has 0 aromatic rings. The molecule has 1 atom stereocenters. The zero-order chi connectivity index (χ0) is 41.0. The number of carbonyl (C=O) groups excluding carboxylic acids is 3. The monoisotopic (exact) mass is 793 g/mol. The largest absolute Gasteiger partial charge is 0.462 e. The number of hydrogen-bond acceptors (Lipinski definition) is 6. The molecule has 0 aliphatic rings. The van der Waals surface area contributed by atoms with Gasteiger partial charge in [0.1, 0.15) is 13.2 Å². The van der Waals surface area contributed by atoms with Crippen molar-refractivity contribution in [3.05, 3.63) is 0 Å². The molecule has 332 valence electrons. The lowest BCUT2D eigenvalue weighted by Crippen LogP contribution is -2.30. The molecule has 6 nitrogen and oxygen atoms in total. The molecule has 0 aliphatic heterocycles. The van der Waals surface area contributed by atoms with Gasteiger partial charge in [-0.15, -0.1) is 0 Å². The second-order valence-electron chi connectivity index (χ2n) is 17.6. The number of hydrogen-bond donors (Lipinski definition) is 0. The van der Waals surface area contributed by atoms with Crippen molar-refractivity contribution < 1.29 is 28.6 Å². The predicted molar refractivity (Wildman–Crippen MR) is 238 cm³/mol. The third-order valence-electron chi connectivity index (χ3n) is 11.3. The highest BCUT2D eigenvalue weighted by Crippen LogP contribution is 2.17. The normalized spacial score (nSPS) is 11.9. The van der Waals surface area contributed by atoms with Crippen molar-refractivity contribution in [3.8, 4) is 0 Å². The van der Waals surface area contributed by atoms with Gasteiger partial charge in [0.25, 0.3) is 0 Å². The van der Waals surface area contributed by atoms with Crippen LogP contribution >= 0.6 is 0 Å². The molecule has 0 unspecified atom stereocenters. The summed E-state index contributed by atoms with van der Waals surface area (Å²) in [4.78, 5) is 37.8. The van der Waals surface area contributed by atoms with Crippen LogP contribution in [0.4, 0.5) is 0 Å². The highest BCUT2D eigenvalue weighted by Gasteiger charge is 2.19. The van der Waals surface area contributed by atoms with Crippen LogP contribution in [0.15, 0.2) is 0 Å². The molecule has 0 aliphatic carbocycles. The standard InChI is InChI=1S/C50H96O6/c1-5-7-9-11-13-15-17-19-20-21-22-23-25-27-29-34-38-42-49(52)55-45-47(56-50(53)43-39-35-31-30-32-36-40-46(3)4)44-54-48(51)41-37-33-28-26-24-18-16-14-12-10-8-6-2/h46-47H,5-45H2,1-4H3/t47-/m0/s1. The summed E-state index contributed by atoms with van der Waals surface area (Å²) in [6.07, 6.45) is 45.3. The van der Waals surface area contributed by atoms with E-state index in [1.54, 1.807) is 0 Å². The molecule has 0 aromatic heterocycles. The molecule has 0 aromatic carbocycles. The quantitative estimate of drug-likeness (QED) is 0.0347. The topological polar surface area (TPSA) is 78.9 Å². The number of esters is 3. The Kier molecular flexibility index (Phi) is 43.2. The zero-order valence-corrected chi connectivity index (χ0v) is 38.1. The lowest BCUT2D eigenvalue weighted by Gasteiger charge is -2.18. The second-order valence-corrected chi connectivity index (χ2v) is 17.6. The first-order chi connectivity index (χ1) is 27.4. The fraction of sp³-hybridized carbons (Fsp3) is 0.940. The fourth-order valence-electron chi connectivity index (χ4n) is 7.51. The Morgan fingerprint density at radius 2 is 0.589 bits per heavy atom. The molecule has 0 fully saturated rings. The molecule has 56 heavy (non-hydrogen) atoms. The Morgan fingerprint density at radius 1 is 0.339 bits per heavy atom. The zero-order valence-electron chi connectivity index (χ0n) is 38.1. The average molecular weight is 793 g/mol. The van der Waals surface area contributed by atoms with E-state index in [9.17, 15) is 14.4 Å². The van der Waals surface area contributed by atoms with Gasteiger partial charge in [-0.25, -0.2) is 0 Å². The predicted octanol–water partition coefficient (Wildman–Crippen LogP) is 15.9. The van der Waals surface area contributed by atoms with Crippen LogP contribution in [0.3, 0.4) is 0 Å². The van der Waals surface area contributed by atoms with E-state index < -0.39 is 6.10 Å². The molecule has 0 radical (unpaired) electrons. The van der Waals surface area contributed by atoms with Gasteiger partial charge in [0, 0.05) is 19.3 Å². The van der Waals surface area contributed by atoms with Crippen LogP contribution in [0.5, 0.6) is 0 Å². The maximum Gasteiger partial charge on any atom is 0.306 e. The van der Waals surface area contributed by atoms with E-state index in [0.717, 1.165) is 63.7 Å². The van der Waals surface area contributed by atoms with E-state index in [2.05, 4.69) is 27.7 Å². The van der Waals surface area contributed by atoms with Gasteiger partial charge >= 0.3 is 17.9 Å². The highest BCUT2D eigenvalue weighted by atomic mass is 16.6. The van der Waals surface area contributed by atoms with Crippen LogP contribution in [0.25, 0.3) is 0 Å². The van der Waals surface area contributed by atoms with Crippen molar-refractivity contribution in [2.24, 2.45) is 5.92 Å². The van der Waals surface area contributed by atoms with Gasteiger partial charge in [-0.3, -0.25) is 14.4 Å². The van der Waals surface area contributed by atoms with Gasteiger partial charge < -0.3 is 14.2 Å². The maximum absolute atomic E-state index is 12.7. The minimum Gasteiger partial charge on any atom is -0.462 e. The smallest absolute Gasteiger partial charge is 0.306 e. The first-order valence-corrected chi connectivity index (χ1v) is 24.9. The van der Waals surface area contributed by atoms with Gasteiger partial charge in [0.05, 0.1) is 0 Å². The van der Waals surface area contributed by atoms with Crippen LogP contribution in [-0.4, -0.2) is 37.2 Å². The summed E-state index contributed by atoms with van der Waals surface area (Å²) in [7, 11) is 0. The maximum atomic E-state index is 12.7. The number of rotatable bonds is 45. The van der Waals surface area contributed by atoms with Crippen molar-refractivity contribution in [2.45, 2.75) is 284 Å². The summed E-state index contributed by atoms with van der Waals surface area (Å²) in [6.45, 7) is 8.94. The number of ether oxygens (including phenoxy) is 3. The summed E-state index contributed by atoms with van der Waals surface area (Å²) < 4.78 is 16.7. The Balaban J connectivity index is 4.23. The van der Waals surface area contributed by atoms with E-state index in [4.69, 9.17) is 14.2 Å². The minimum atomic E-state index is -0.760. The average Bonchev–Trinajstić information content (AvgIpc) is 3.18. The molecule has 0 N–H and O–H groups in total. The van der Waals surface area contributed by atoms with E-state index in [1.165, 1.54) is 173 Å². The Bertz CT molecular complexity index is 841. The Labute approximate surface area is 348 Å². The lowest BCUT2D eigenvalue weighted by molar-refractivity contribution is -0.167. The van der Waals surface area contributed by atoms with Crippen molar-refractivity contribution >= 4 is 17.9 Å². The number of unbranched alkanes of at least 4 members (excludes halogenated alkanes) is 32. The minimum absolute atomic E-state index is 0.0642. The van der Waals surface area contributed by atoms with Gasteiger partial charge in [-0.2, -0.15) is 0 Å². The molecule has 0 rings (SSSR count). The molecule has 6 heteroatoms. The van der Waals surface area contributed by atoms with Crippen LogP contribution in [0.2, 0.25) is 0 Å². The molecular formula is C50H96O6. The van der Waals surface area contributed by atoms with E-state index in [0.29, 0.717) is 19.3 Å². The van der Waals surface area contributed by atoms with Crippen molar-refractivity contribution in [2.75, 3.05) is 13.2 Å².